The predicted molar refractivity (Wildman–Crippen MR) is 82.9 cm³/mol. The van der Waals surface area contributed by atoms with Crippen LogP contribution in [-0.4, -0.2) is 12.4 Å². The highest BCUT2D eigenvalue weighted by Gasteiger charge is 2.22. The minimum absolute atomic E-state index is 0.114. The third-order valence-electron chi connectivity index (χ3n) is 3.15. The number of benzene rings is 1. The van der Waals surface area contributed by atoms with Gasteiger partial charge in [-0.05, 0) is 38.0 Å². The lowest BCUT2D eigenvalue weighted by Gasteiger charge is -2.17. The van der Waals surface area contributed by atoms with Crippen molar-refractivity contribution in [2.24, 2.45) is 5.92 Å². The molecule has 1 rings (SSSR count). The van der Waals surface area contributed by atoms with Crippen LogP contribution in [0.25, 0.3) is 0 Å². The lowest BCUT2D eigenvalue weighted by molar-refractivity contribution is 0.0901. The molecule has 0 spiro atoms. The summed E-state index contributed by atoms with van der Waals surface area (Å²) >= 11 is 3.44. The van der Waals surface area contributed by atoms with Crippen LogP contribution in [0.1, 0.15) is 56.8 Å². The Balaban J connectivity index is 3.03. The van der Waals surface area contributed by atoms with Crippen LogP contribution >= 0.6 is 15.9 Å². The number of hydrogen-bond donors (Lipinski definition) is 0. The molecule has 0 aliphatic carbocycles. The lowest BCUT2D eigenvalue weighted by Crippen LogP contribution is -2.16. The molecule has 19 heavy (non-hydrogen) atoms. The van der Waals surface area contributed by atoms with Crippen molar-refractivity contribution in [3.63, 3.8) is 0 Å². The average Bonchev–Trinajstić information content (AvgIpc) is 2.40. The molecule has 1 aromatic carbocycles. The van der Waals surface area contributed by atoms with Crippen molar-refractivity contribution in [1.82, 2.24) is 0 Å². The molecule has 0 radical (unpaired) electrons. The maximum Gasteiger partial charge on any atom is 0.169 e. The van der Waals surface area contributed by atoms with Gasteiger partial charge < -0.3 is 4.74 Å². The largest absolute Gasteiger partial charge is 0.493 e. The van der Waals surface area contributed by atoms with E-state index in [1.165, 1.54) is 0 Å². The molecule has 0 aromatic heterocycles. The van der Waals surface area contributed by atoms with Gasteiger partial charge in [0.15, 0.2) is 5.78 Å². The summed E-state index contributed by atoms with van der Waals surface area (Å²) in [6.45, 7) is 6.76. The molecule has 106 valence electrons. The number of Topliss-reactive ketones (excluding diaryl/α,β-unsaturated/α-hetero) is 1. The third-order valence-corrected chi connectivity index (χ3v) is 3.65. The van der Waals surface area contributed by atoms with E-state index in [2.05, 4.69) is 29.8 Å². The quantitative estimate of drug-likeness (QED) is 0.610. The van der Waals surface area contributed by atoms with E-state index < -0.39 is 0 Å². The number of carbonyl (C=O) groups excluding carboxylic acids is 1. The number of hydrogen-bond acceptors (Lipinski definition) is 2. The molecule has 0 aliphatic rings. The minimum atomic E-state index is 0.114. The molecule has 0 atom stereocenters. The van der Waals surface area contributed by atoms with Crippen molar-refractivity contribution in [3.05, 3.63) is 28.2 Å². The molecule has 1 aromatic rings. The normalized spacial score (nSPS) is 10.8. The van der Waals surface area contributed by atoms with Crippen molar-refractivity contribution in [1.29, 1.82) is 0 Å². The van der Waals surface area contributed by atoms with Gasteiger partial charge in [-0.15, -0.1) is 0 Å². The van der Waals surface area contributed by atoms with Crippen LogP contribution in [0.15, 0.2) is 22.7 Å². The smallest absolute Gasteiger partial charge is 0.169 e. The third kappa shape index (κ3) is 4.64. The first kappa shape index (κ1) is 16.2. The first-order valence-corrected chi connectivity index (χ1v) is 7.89. The molecule has 0 N–H and O–H groups in total. The standard InChI is InChI=1S/C16H23BrO2/c1-4-7-12(8-5-2)16(18)14-11-13(17)9-10-15(14)19-6-3/h9-12H,4-8H2,1-3H3. The van der Waals surface area contributed by atoms with Gasteiger partial charge in [-0.2, -0.15) is 0 Å². The summed E-state index contributed by atoms with van der Waals surface area (Å²) < 4.78 is 6.50. The van der Waals surface area contributed by atoms with Gasteiger partial charge in [-0.3, -0.25) is 4.79 Å². The number of halogens is 1. The van der Waals surface area contributed by atoms with Crippen LogP contribution < -0.4 is 4.74 Å². The van der Waals surface area contributed by atoms with E-state index in [4.69, 9.17) is 4.74 Å². The van der Waals surface area contributed by atoms with Gasteiger partial charge in [0.2, 0.25) is 0 Å². The maximum atomic E-state index is 12.7. The van der Waals surface area contributed by atoms with E-state index in [1.54, 1.807) is 0 Å². The van der Waals surface area contributed by atoms with E-state index in [0.717, 1.165) is 30.2 Å². The zero-order chi connectivity index (χ0) is 14.3. The molecular weight excluding hydrogens is 304 g/mol. The van der Waals surface area contributed by atoms with E-state index in [-0.39, 0.29) is 11.7 Å². The van der Waals surface area contributed by atoms with Gasteiger partial charge >= 0.3 is 0 Å². The van der Waals surface area contributed by atoms with E-state index in [1.807, 2.05) is 25.1 Å². The second-order valence-corrected chi connectivity index (χ2v) is 5.63. The Kier molecular flexibility index (Phi) is 7.14. The van der Waals surface area contributed by atoms with Gasteiger partial charge in [-0.1, -0.05) is 42.6 Å². The highest BCUT2D eigenvalue weighted by atomic mass is 79.9. The fourth-order valence-corrected chi connectivity index (χ4v) is 2.66. The van der Waals surface area contributed by atoms with Gasteiger partial charge in [0, 0.05) is 10.4 Å². The second-order valence-electron chi connectivity index (χ2n) is 4.71. The molecule has 0 amide bonds. The highest BCUT2D eigenvalue weighted by molar-refractivity contribution is 9.10. The van der Waals surface area contributed by atoms with E-state index in [9.17, 15) is 4.79 Å². The summed E-state index contributed by atoms with van der Waals surface area (Å²) in [4.78, 5) is 12.7. The van der Waals surface area contributed by atoms with Crippen molar-refractivity contribution < 1.29 is 9.53 Å². The van der Waals surface area contributed by atoms with Crippen LogP contribution in [0, 0.1) is 5.92 Å². The summed E-state index contributed by atoms with van der Waals surface area (Å²) in [6, 6.07) is 5.66. The lowest BCUT2D eigenvalue weighted by atomic mass is 9.89. The summed E-state index contributed by atoms with van der Waals surface area (Å²) in [7, 11) is 0. The van der Waals surface area contributed by atoms with Gasteiger partial charge in [0.1, 0.15) is 5.75 Å². The Labute approximate surface area is 124 Å². The number of ketones is 1. The molecule has 0 heterocycles. The van der Waals surface area contributed by atoms with Crippen molar-refractivity contribution >= 4 is 21.7 Å². The van der Waals surface area contributed by atoms with Gasteiger partial charge in [-0.25, -0.2) is 0 Å². The molecule has 0 unspecified atom stereocenters. The zero-order valence-corrected chi connectivity index (χ0v) is 13.6. The first-order valence-electron chi connectivity index (χ1n) is 7.10. The molecule has 0 saturated heterocycles. The van der Waals surface area contributed by atoms with Crippen LogP contribution in [0.3, 0.4) is 0 Å². The summed E-state index contributed by atoms with van der Waals surface area (Å²) in [6.07, 6.45) is 3.97. The molecule has 0 bridgehead atoms. The SMILES string of the molecule is CCCC(CCC)C(=O)c1cc(Br)ccc1OCC. The molecule has 0 saturated carbocycles. The Hall–Kier alpha value is -0.830. The van der Waals surface area contributed by atoms with Gasteiger partial charge in [0.25, 0.3) is 0 Å². The molecule has 2 nitrogen and oxygen atoms in total. The Morgan fingerprint density at radius 2 is 1.84 bits per heavy atom. The maximum absolute atomic E-state index is 12.7. The topological polar surface area (TPSA) is 26.3 Å². The predicted octanol–water partition coefficient (Wildman–Crippen LogP) is 5.25. The monoisotopic (exact) mass is 326 g/mol. The Morgan fingerprint density at radius 1 is 1.21 bits per heavy atom. The number of carbonyl (C=O) groups is 1. The Morgan fingerprint density at radius 3 is 2.37 bits per heavy atom. The van der Waals surface area contributed by atoms with E-state index in [0.29, 0.717) is 17.9 Å². The average molecular weight is 327 g/mol. The first-order chi connectivity index (χ1) is 9.13. The fourth-order valence-electron chi connectivity index (χ4n) is 2.30. The van der Waals surface area contributed by atoms with Crippen molar-refractivity contribution in [3.8, 4) is 5.75 Å². The molecule has 3 heteroatoms. The molecular formula is C16H23BrO2. The summed E-state index contributed by atoms with van der Waals surface area (Å²) in [5.41, 5.74) is 0.711. The van der Waals surface area contributed by atoms with Crippen molar-refractivity contribution in [2.45, 2.75) is 46.5 Å². The van der Waals surface area contributed by atoms with Crippen LogP contribution in [-0.2, 0) is 0 Å². The number of ether oxygens (including phenoxy) is 1. The van der Waals surface area contributed by atoms with E-state index >= 15 is 0 Å². The highest BCUT2D eigenvalue weighted by Crippen LogP contribution is 2.28. The zero-order valence-electron chi connectivity index (χ0n) is 12.0. The van der Waals surface area contributed by atoms with Gasteiger partial charge in [0.05, 0.1) is 12.2 Å². The summed E-state index contributed by atoms with van der Waals surface area (Å²) in [5, 5.41) is 0. The Bertz CT molecular complexity index is 409. The summed E-state index contributed by atoms with van der Waals surface area (Å²) in [5.74, 6) is 1.03. The van der Waals surface area contributed by atoms with Crippen LogP contribution in [0.4, 0.5) is 0 Å². The number of rotatable bonds is 8. The van der Waals surface area contributed by atoms with Crippen molar-refractivity contribution in [2.75, 3.05) is 6.61 Å². The van der Waals surface area contributed by atoms with Crippen LogP contribution in [0.5, 0.6) is 5.75 Å². The minimum Gasteiger partial charge on any atom is -0.493 e. The molecule has 0 aliphatic heterocycles. The second kappa shape index (κ2) is 8.36. The molecule has 0 fully saturated rings. The van der Waals surface area contributed by atoms with Crippen LogP contribution in [0.2, 0.25) is 0 Å². The fraction of sp³-hybridized carbons (Fsp3) is 0.562.